The SMILES string of the molecule is CCNCc1occc1-c1cc(F)c(F)cc1F. The Morgan fingerprint density at radius 3 is 2.50 bits per heavy atom. The van der Waals surface area contributed by atoms with Gasteiger partial charge in [0, 0.05) is 17.2 Å². The van der Waals surface area contributed by atoms with Crippen LogP contribution in [0.1, 0.15) is 12.7 Å². The van der Waals surface area contributed by atoms with Crippen LogP contribution in [0.2, 0.25) is 0 Å². The molecule has 2 nitrogen and oxygen atoms in total. The summed E-state index contributed by atoms with van der Waals surface area (Å²) in [6.07, 6.45) is 1.39. The van der Waals surface area contributed by atoms with Crippen molar-refractivity contribution in [2.45, 2.75) is 13.5 Å². The zero-order chi connectivity index (χ0) is 13.1. The summed E-state index contributed by atoms with van der Waals surface area (Å²) in [6.45, 7) is 3.04. The summed E-state index contributed by atoms with van der Waals surface area (Å²) in [5.41, 5.74) is 0.419. The molecule has 0 atom stereocenters. The number of furan rings is 1. The number of hydrogen-bond donors (Lipinski definition) is 1. The molecule has 0 radical (unpaired) electrons. The highest BCUT2D eigenvalue weighted by Gasteiger charge is 2.16. The Kier molecular flexibility index (Phi) is 3.72. The molecule has 0 aliphatic rings. The fourth-order valence-corrected chi connectivity index (χ4v) is 1.68. The molecule has 1 N–H and O–H groups in total. The Morgan fingerprint density at radius 2 is 1.78 bits per heavy atom. The minimum Gasteiger partial charge on any atom is -0.467 e. The second-order valence-corrected chi connectivity index (χ2v) is 3.78. The Morgan fingerprint density at radius 1 is 1.06 bits per heavy atom. The lowest BCUT2D eigenvalue weighted by Crippen LogP contribution is -2.11. The van der Waals surface area contributed by atoms with Gasteiger partial charge in [0.15, 0.2) is 11.6 Å². The molecule has 0 aliphatic carbocycles. The standard InChI is InChI=1S/C13H12F3NO/c1-2-17-7-13-8(3-4-18-13)9-5-11(15)12(16)6-10(9)14/h3-6,17H,2,7H2,1H3. The molecule has 0 saturated heterocycles. The molecule has 0 unspecified atom stereocenters. The molecule has 18 heavy (non-hydrogen) atoms. The molecule has 5 heteroatoms. The first-order valence-corrected chi connectivity index (χ1v) is 5.55. The molecule has 0 fully saturated rings. The van der Waals surface area contributed by atoms with Crippen LogP contribution < -0.4 is 5.32 Å². The minimum absolute atomic E-state index is 0.00412. The number of halogens is 3. The van der Waals surface area contributed by atoms with Crippen LogP contribution in [0.5, 0.6) is 0 Å². The van der Waals surface area contributed by atoms with Crippen LogP contribution in [0.25, 0.3) is 11.1 Å². The predicted octanol–water partition coefficient (Wildman–Crippen LogP) is 3.47. The van der Waals surface area contributed by atoms with E-state index in [1.165, 1.54) is 12.3 Å². The van der Waals surface area contributed by atoms with Gasteiger partial charge in [-0.15, -0.1) is 0 Å². The Balaban J connectivity index is 2.42. The molecule has 2 aromatic rings. The number of rotatable bonds is 4. The van der Waals surface area contributed by atoms with Crippen molar-refractivity contribution in [2.75, 3.05) is 6.54 Å². The van der Waals surface area contributed by atoms with E-state index in [1.807, 2.05) is 6.92 Å². The van der Waals surface area contributed by atoms with Gasteiger partial charge in [-0.1, -0.05) is 6.92 Å². The van der Waals surface area contributed by atoms with Crippen LogP contribution in [-0.2, 0) is 6.54 Å². The zero-order valence-electron chi connectivity index (χ0n) is 9.77. The summed E-state index contributed by atoms with van der Waals surface area (Å²) in [6, 6.07) is 2.90. The van der Waals surface area contributed by atoms with E-state index < -0.39 is 17.5 Å². The second kappa shape index (κ2) is 5.27. The molecule has 0 aliphatic heterocycles. The monoisotopic (exact) mass is 255 g/mol. The highest BCUT2D eigenvalue weighted by Crippen LogP contribution is 2.29. The van der Waals surface area contributed by atoms with Gasteiger partial charge in [-0.2, -0.15) is 0 Å². The normalized spacial score (nSPS) is 10.9. The molecular formula is C13H12F3NO. The molecule has 1 aromatic heterocycles. The van der Waals surface area contributed by atoms with Gasteiger partial charge in [-0.25, -0.2) is 13.2 Å². The summed E-state index contributed by atoms with van der Waals surface area (Å²) in [5, 5.41) is 3.02. The fourth-order valence-electron chi connectivity index (χ4n) is 1.68. The molecule has 1 heterocycles. The van der Waals surface area contributed by atoms with Gasteiger partial charge in [0.05, 0.1) is 12.8 Å². The van der Waals surface area contributed by atoms with E-state index in [9.17, 15) is 13.2 Å². The summed E-state index contributed by atoms with van der Waals surface area (Å²) in [7, 11) is 0. The molecule has 2 rings (SSSR count). The smallest absolute Gasteiger partial charge is 0.161 e. The Hall–Kier alpha value is -1.75. The van der Waals surface area contributed by atoms with Gasteiger partial charge in [-0.3, -0.25) is 0 Å². The second-order valence-electron chi connectivity index (χ2n) is 3.78. The van der Waals surface area contributed by atoms with E-state index in [-0.39, 0.29) is 5.56 Å². The summed E-state index contributed by atoms with van der Waals surface area (Å²) < 4.78 is 44.8. The number of hydrogen-bond acceptors (Lipinski definition) is 2. The lowest BCUT2D eigenvalue weighted by molar-refractivity contribution is 0.486. The van der Waals surface area contributed by atoms with Crippen molar-refractivity contribution in [3.63, 3.8) is 0 Å². The molecule has 0 amide bonds. The Labute approximate surface area is 102 Å². The summed E-state index contributed by atoms with van der Waals surface area (Å²) in [4.78, 5) is 0. The van der Waals surface area contributed by atoms with Gasteiger partial charge in [0.25, 0.3) is 0 Å². The van der Waals surface area contributed by atoms with E-state index in [1.54, 1.807) is 0 Å². The largest absolute Gasteiger partial charge is 0.467 e. The van der Waals surface area contributed by atoms with E-state index in [0.717, 1.165) is 12.6 Å². The van der Waals surface area contributed by atoms with Crippen molar-refractivity contribution in [2.24, 2.45) is 0 Å². The van der Waals surface area contributed by atoms with Crippen LogP contribution in [0.4, 0.5) is 13.2 Å². The first-order valence-electron chi connectivity index (χ1n) is 5.55. The van der Waals surface area contributed by atoms with Crippen LogP contribution in [-0.4, -0.2) is 6.54 Å². The third-order valence-corrected chi connectivity index (χ3v) is 2.58. The molecule has 96 valence electrons. The van der Waals surface area contributed by atoms with Crippen LogP contribution in [0, 0.1) is 17.5 Å². The lowest BCUT2D eigenvalue weighted by atomic mass is 10.1. The molecule has 1 aromatic carbocycles. The van der Waals surface area contributed by atoms with Crippen molar-refractivity contribution >= 4 is 0 Å². The van der Waals surface area contributed by atoms with Gasteiger partial charge in [0.1, 0.15) is 11.6 Å². The third-order valence-electron chi connectivity index (χ3n) is 2.58. The maximum atomic E-state index is 13.6. The molecule has 0 saturated carbocycles. The summed E-state index contributed by atoms with van der Waals surface area (Å²) >= 11 is 0. The molecule has 0 spiro atoms. The van der Waals surface area contributed by atoms with Crippen molar-refractivity contribution in [1.29, 1.82) is 0 Å². The van der Waals surface area contributed by atoms with E-state index in [4.69, 9.17) is 4.42 Å². The molecular weight excluding hydrogens is 243 g/mol. The summed E-state index contributed by atoms with van der Waals surface area (Å²) in [5.74, 6) is -2.61. The Bertz CT molecular complexity index is 551. The first-order chi connectivity index (χ1) is 8.63. The van der Waals surface area contributed by atoms with Gasteiger partial charge in [-0.05, 0) is 18.7 Å². The van der Waals surface area contributed by atoms with Crippen molar-refractivity contribution < 1.29 is 17.6 Å². The highest BCUT2D eigenvalue weighted by molar-refractivity contribution is 5.66. The number of benzene rings is 1. The average molecular weight is 255 g/mol. The van der Waals surface area contributed by atoms with Crippen molar-refractivity contribution in [3.8, 4) is 11.1 Å². The topological polar surface area (TPSA) is 25.2 Å². The molecule has 0 bridgehead atoms. The van der Waals surface area contributed by atoms with Gasteiger partial charge < -0.3 is 9.73 Å². The third kappa shape index (κ3) is 2.41. The fraction of sp³-hybridized carbons (Fsp3) is 0.231. The zero-order valence-corrected chi connectivity index (χ0v) is 9.77. The average Bonchev–Trinajstić information content (AvgIpc) is 2.79. The van der Waals surface area contributed by atoms with Crippen molar-refractivity contribution in [3.05, 3.63) is 47.7 Å². The predicted molar refractivity (Wildman–Crippen MR) is 61.4 cm³/mol. The van der Waals surface area contributed by atoms with Crippen LogP contribution in [0.15, 0.2) is 28.9 Å². The van der Waals surface area contributed by atoms with Crippen LogP contribution in [0.3, 0.4) is 0 Å². The van der Waals surface area contributed by atoms with Gasteiger partial charge >= 0.3 is 0 Å². The highest BCUT2D eigenvalue weighted by atomic mass is 19.2. The number of nitrogens with one attached hydrogen (secondary N) is 1. The first kappa shape index (κ1) is 12.7. The van der Waals surface area contributed by atoms with E-state index >= 15 is 0 Å². The maximum absolute atomic E-state index is 13.6. The quantitative estimate of drug-likeness (QED) is 0.846. The lowest BCUT2D eigenvalue weighted by Gasteiger charge is -2.05. The van der Waals surface area contributed by atoms with Crippen molar-refractivity contribution in [1.82, 2.24) is 5.32 Å². The maximum Gasteiger partial charge on any atom is 0.161 e. The van der Waals surface area contributed by atoms with E-state index in [0.29, 0.717) is 23.9 Å². The van der Waals surface area contributed by atoms with Crippen LogP contribution >= 0.6 is 0 Å². The van der Waals surface area contributed by atoms with E-state index in [2.05, 4.69) is 5.32 Å². The minimum atomic E-state index is -1.20. The van der Waals surface area contributed by atoms with Gasteiger partial charge in [0.2, 0.25) is 0 Å².